The highest BCUT2D eigenvalue weighted by Gasteiger charge is 2.16. The minimum absolute atomic E-state index is 0.0415. The monoisotopic (exact) mass is 277 g/mol. The van der Waals surface area contributed by atoms with Crippen LogP contribution < -0.4 is 5.32 Å². The topological polar surface area (TPSA) is 49.3 Å². The summed E-state index contributed by atoms with van der Waals surface area (Å²) in [5.41, 5.74) is 0.308. The summed E-state index contributed by atoms with van der Waals surface area (Å²) in [6, 6.07) is 10.6. The maximum absolute atomic E-state index is 13.7. The highest BCUT2D eigenvalue weighted by molar-refractivity contribution is 5.89. The van der Waals surface area contributed by atoms with Crippen LogP contribution in [-0.2, 0) is 0 Å². The van der Waals surface area contributed by atoms with Gasteiger partial charge in [-0.15, -0.1) is 0 Å². The lowest BCUT2D eigenvalue weighted by molar-refractivity contribution is 0.0692. The fourth-order valence-corrected chi connectivity index (χ4v) is 1.88. The van der Waals surface area contributed by atoms with Crippen LogP contribution in [0.15, 0.2) is 42.5 Å². The molecular weight excluding hydrogens is 264 g/mol. The van der Waals surface area contributed by atoms with Gasteiger partial charge in [-0.05, 0) is 18.6 Å². The Morgan fingerprint density at radius 1 is 1.15 bits per heavy atom. The predicted molar refractivity (Wildman–Crippen MR) is 71.8 cm³/mol. The fraction of sp³-hybridized carbons (Fsp3) is 0.133. The number of nitrogens with one attached hydrogen (secondary N) is 1. The average molecular weight is 277 g/mol. The van der Waals surface area contributed by atoms with Crippen molar-refractivity contribution in [3.05, 3.63) is 65.2 Å². The van der Waals surface area contributed by atoms with E-state index < -0.39 is 23.2 Å². The molecule has 2 rings (SSSR count). The summed E-state index contributed by atoms with van der Waals surface area (Å²) >= 11 is 0. The standard InChI is InChI=1S/C15H13F2NO2/c1-9(10-5-3-2-4-6-10)18-14-7-11(15(19)20)12(16)8-13(14)17/h2-9,18H,1H3,(H,19,20). The molecule has 20 heavy (non-hydrogen) atoms. The van der Waals surface area contributed by atoms with Crippen molar-refractivity contribution in [2.45, 2.75) is 13.0 Å². The zero-order valence-electron chi connectivity index (χ0n) is 10.7. The van der Waals surface area contributed by atoms with Gasteiger partial charge in [-0.25, -0.2) is 13.6 Å². The van der Waals surface area contributed by atoms with Gasteiger partial charge < -0.3 is 10.4 Å². The highest BCUT2D eigenvalue weighted by Crippen LogP contribution is 2.24. The molecule has 1 atom stereocenters. The first-order chi connectivity index (χ1) is 9.49. The largest absolute Gasteiger partial charge is 0.478 e. The quantitative estimate of drug-likeness (QED) is 0.892. The van der Waals surface area contributed by atoms with Crippen molar-refractivity contribution in [2.24, 2.45) is 0 Å². The Morgan fingerprint density at radius 3 is 2.40 bits per heavy atom. The molecule has 0 radical (unpaired) electrons. The first kappa shape index (κ1) is 14.0. The van der Waals surface area contributed by atoms with Crippen molar-refractivity contribution in [3.8, 4) is 0 Å². The Morgan fingerprint density at radius 2 is 1.80 bits per heavy atom. The summed E-state index contributed by atoms with van der Waals surface area (Å²) in [6.45, 7) is 1.80. The Balaban J connectivity index is 2.29. The summed E-state index contributed by atoms with van der Waals surface area (Å²) in [5, 5.41) is 11.7. The molecular formula is C15H13F2NO2. The fourth-order valence-electron chi connectivity index (χ4n) is 1.88. The number of hydrogen-bond donors (Lipinski definition) is 2. The van der Waals surface area contributed by atoms with Crippen molar-refractivity contribution in [1.29, 1.82) is 0 Å². The summed E-state index contributed by atoms with van der Waals surface area (Å²) in [4.78, 5) is 10.9. The number of anilines is 1. The Kier molecular flexibility index (Phi) is 3.98. The molecule has 0 aliphatic rings. The molecule has 0 amide bonds. The number of benzene rings is 2. The van der Waals surface area contributed by atoms with Gasteiger partial charge in [-0.1, -0.05) is 30.3 Å². The molecule has 0 heterocycles. The van der Waals surface area contributed by atoms with Crippen molar-refractivity contribution < 1.29 is 18.7 Å². The minimum atomic E-state index is -1.43. The van der Waals surface area contributed by atoms with Gasteiger partial charge in [0.05, 0.1) is 11.3 Å². The molecule has 0 saturated heterocycles. The normalized spacial score (nSPS) is 11.9. The van der Waals surface area contributed by atoms with Gasteiger partial charge in [0, 0.05) is 12.1 Å². The summed E-state index contributed by atoms with van der Waals surface area (Å²) in [7, 11) is 0. The molecule has 1 unspecified atom stereocenters. The van der Waals surface area contributed by atoms with Crippen molar-refractivity contribution in [2.75, 3.05) is 5.32 Å². The van der Waals surface area contributed by atoms with E-state index in [4.69, 9.17) is 5.11 Å². The van der Waals surface area contributed by atoms with E-state index >= 15 is 0 Å². The van der Waals surface area contributed by atoms with Crippen LogP contribution in [0.2, 0.25) is 0 Å². The molecule has 0 aliphatic heterocycles. The second-order valence-corrected chi connectivity index (χ2v) is 4.39. The van der Waals surface area contributed by atoms with Crippen molar-refractivity contribution >= 4 is 11.7 Å². The number of carbonyl (C=O) groups is 1. The molecule has 0 spiro atoms. The molecule has 0 bridgehead atoms. The smallest absolute Gasteiger partial charge is 0.338 e. The molecule has 104 valence electrons. The van der Waals surface area contributed by atoms with Crippen LogP contribution in [0.3, 0.4) is 0 Å². The first-order valence-electron chi connectivity index (χ1n) is 6.03. The molecule has 5 heteroatoms. The summed E-state index contributed by atoms with van der Waals surface area (Å²) < 4.78 is 27.0. The van der Waals surface area contributed by atoms with Crippen LogP contribution in [0.5, 0.6) is 0 Å². The summed E-state index contributed by atoms with van der Waals surface area (Å²) in [6.07, 6.45) is 0. The predicted octanol–water partition coefficient (Wildman–Crippen LogP) is 3.84. The van der Waals surface area contributed by atoms with E-state index in [0.29, 0.717) is 6.07 Å². The van der Waals surface area contributed by atoms with Crippen LogP contribution in [0.4, 0.5) is 14.5 Å². The highest BCUT2D eigenvalue weighted by atomic mass is 19.1. The molecule has 3 nitrogen and oxygen atoms in total. The van der Waals surface area contributed by atoms with E-state index in [1.54, 1.807) is 6.92 Å². The number of carboxylic acids is 1. The Labute approximate surface area is 114 Å². The first-order valence-corrected chi connectivity index (χ1v) is 6.03. The van der Waals surface area contributed by atoms with Crippen LogP contribution in [0, 0.1) is 11.6 Å². The molecule has 0 aromatic heterocycles. The minimum Gasteiger partial charge on any atom is -0.478 e. The summed E-state index contributed by atoms with van der Waals surface area (Å²) in [5.74, 6) is -3.35. The van der Waals surface area contributed by atoms with Gasteiger partial charge >= 0.3 is 5.97 Å². The van der Waals surface area contributed by atoms with Crippen molar-refractivity contribution in [3.63, 3.8) is 0 Å². The molecule has 0 aliphatic carbocycles. The van der Waals surface area contributed by atoms with E-state index in [9.17, 15) is 13.6 Å². The lowest BCUT2D eigenvalue weighted by atomic mass is 10.1. The second-order valence-electron chi connectivity index (χ2n) is 4.39. The SMILES string of the molecule is CC(Nc1cc(C(=O)O)c(F)cc1F)c1ccccc1. The molecule has 2 N–H and O–H groups in total. The van der Waals surface area contributed by atoms with Gasteiger partial charge in [0.2, 0.25) is 0 Å². The lowest BCUT2D eigenvalue weighted by Crippen LogP contribution is -2.10. The van der Waals surface area contributed by atoms with Gasteiger partial charge in [0.15, 0.2) is 0 Å². The van der Waals surface area contributed by atoms with E-state index in [1.165, 1.54) is 0 Å². The third kappa shape index (κ3) is 2.93. The van der Waals surface area contributed by atoms with Crippen LogP contribution >= 0.6 is 0 Å². The maximum atomic E-state index is 13.7. The van der Waals surface area contributed by atoms with Gasteiger partial charge in [-0.3, -0.25) is 0 Å². The lowest BCUT2D eigenvalue weighted by Gasteiger charge is -2.16. The molecule has 0 saturated carbocycles. The number of rotatable bonds is 4. The van der Waals surface area contributed by atoms with Gasteiger partial charge in [0.1, 0.15) is 11.6 Å². The zero-order valence-corrected chi connectivity index (χ0v) is 10.7. The van der Waals surface area contributed by atoms with Crippen LogP contribution in [0.25, 0.3) is 0 Å². The molecule has 2 aromatic carbocycles. The number of hydrogen-bond acceptors (Lipinski definition) is 2. The second kappa shape index (κ2) is 5.69. The van der Waals surface area contributed by atoms with Gasteiger partial charge in [0.25, 0.3) is 0 Å². The zero-order chi connectivity index (χ0) is 14.7. The average Bonchev–Trinajstić information content (AvgIpc) is 2.42. The number of aromatic carboxylic acids is 1. The van der Waals surface area contributed by atoms with E-state index in [1.807, 2.05) is 30.3 Å². The van der Waals surface area contributed by atoms with E-state index in [0.717, 1.165) is 11.6 Å². The van der Waals surface area contributed by atoms with Crippen LogP contribution in [-0.4, -0.2) is 11.1 Å². The number of carboxylic acid groups (broad SMARTS) is 1. The van der Waals surface area contributed by atoms with E-state index in [2.05, 4.69) is 5.32 Å². The third-order valence-electron chi connectivity index (χ3n) is 2.96. The molecule has 0 fully saturated rings. The maximum Gasteiger partial charge on any atom is 0.338 e. The van der Waals surface area contributed by atoms with Crippen LogP contribution in [0.1, 0.15) is 28.9 Å². The Hall–Kier alpha value is -2.43. The van der Waals surface area contributed by atoms with Crippen molar-refractivity contribution in [1.82, 2.24) is 0 Å². The van der Waals surface area contributed by atoms with E-state index in [-0.39, 0.29) is 11.7 Å². The molecule has 2 aromatic rings. The van der Waals surface area contributed by atoms with Gasteiger partial charge in [-0.2, -0.15) is 0 Å². The number of halogens is 2. The Bertz CT molecular complexity index is 629. The third-order valence-corrected chi connectivity index (χ3v) is 2.96.